The number of urea groups is 1. The van der Waals surface area contributed by atoms with E-state index in [1.54, 1.807) is 34.1 Å². The lowest BCUT2D eigenvalue weighted by Crippen LogP contribution is -2.47. The van der Waals surface area contributed by atoms with Gasteiger partial charge in [0.15, 0.2) is 0 Å². The predicted molar refractivity (Wildman–Crippen MR) is 106 cm³/mol. The number of carbonyl (C=O) groups excluding carboxylic acids is 2. The quantitative estimate of drug-likeness (QED) is 0.770. The number of benzene rings is 1. The van der Waals surface area contributed by atoms with Gasteiger partial charge >= 0.3 is 6.03 Å². The van der Waals surface area contributed by atoms with Crippen LogP contribution in [0, 0.1) is 5.92 Å². The first-order valence-electron chi connectivity index (χ1n) is 9.16. The average Bonchev–Trinajstić information content (AvgIpc) is 2.61. The number of hydrogen-bond acceptors (Lipinski definition) is 4. The topological polar surface area (TPSA) is 98.8 Å². The summed E-state index contributed by atoms with van der Waals surface area (Å²) in [6.45, 7) is 6.37. The summed E-state index contributed by atoms with van der Waals surface area (Å²) >= 11 is 0. The Morgan fingerprint density at radius 1 is 1.15 bits per heavy atom. The zero-order chi connectivity index (χ0) is 20.0. The highest BCUT2D eigenvalue weighted by Gasteiger charge is 2.28. The molecule has 0 atom stereocenters. The van der Waals surface area contributed by atoms with Crippen molar-refractivity contribution in [2.75, 3.05) is 42.5 Å². The van der Waals surface area contributed by atoms with Gasteiger partial charge in [-0.3, -0.25) is 9.52 Å². The number of hydrogen-bond donors (Lipinski definition) is 2. The number of anilines is 2. The zero-order valence-corrected chi connectivity index (χ0v) is 16.9. The van der Waals surface area contributed by atoms with Crippen molar-refractivity contribution in [3.8, 4) is 0 Å². The van der Waals surface area contributed by atoms with E-state index in [4.69, 9.17) is 0 Å². The van der Waals surface area contributed by atoms with Crippen LogP contribution in [0.1, 0.15) is 26.7 Å². The molecule has 0 unspecified atom stereocenters. The average molecular weight is 397 g/mol. The van der Waals surface area contributed by atoms with E-state index in [1.165, 1.54) is 0 Å². The number of rotatable bonds is 6. The first-order chi connectivity index (χ1) is 12.7. The number of sulfonamides is 1. The standard InChI is InChI=1S/C18H28N4O4S/c1-4-21(5-2)18(24)22-11-9-14(10-12-22)17(23)19-15-7-6-8-16(13-15)20-27(3,25)26/h6-8,13-14,20H,4-5,9-12H2,1-3H3,(H,19,23). The third kappa shape index (κ3) is 6.13. The molecule has 0 bridgehead atoms. The van der Waals surface area contributed by atoms with Gasteiger partial charge in [-0.15, -0.1) is 0 Å². The Morgan fingerprint density at radius 3 is 2.30 bits per heavy atom. The Morgan fingerprint density at radius 2 is 1.74 bits per heavy atom. The van der Waals surface area contributed by atoms with E-state index in [0.29, 0.717) is 50.4 Å². The SMILES string of the molecule is CCN(CC)C(=O)N1CCC(C(=O)Nc2cccc(NS(C)(=O)=O)c2)CC1. The number of likely N-dealkylation sites (tertiary alicyclic amines) is 1. The van der Waals surface area contributed by atoms with Crippen molar-refractivity contribution in [3.05, 3.63) is 24.3 Å². The lowest BCUT2D eigenvalue weighted by Gasteiger charge is -2.34. The van der Waals surface area contributed by atoms with Crippen LogP contribution >= 0.6 is 0 Å². The molecule has 2 rings (SSSR count). The van der Waals surface area contributed by atoms with Gasteiger partial charge in [0.25, 0.3) is 0 Å². The van der Waals surface area contributed by atoms with Gasteiger partial charge < -0.3 is 15.1 Å². The molecule has 1 heterocycles. The van der Waals surface area contributed by atoms with Gasteiger partial charge in [0.05, 0.1) is 11.9 Å². The fraction of sp³-hybridized carbons (Fsp3) is 0.556. The first-order valence-corrected chi connectivity index (χ1v) is 11.0. The van der Waals surface area contributed by atoms with E-state index in [9.17, 15) is 18.0 Å². The molecule has 1 aliphatic rings. The molecule has 2 N–H and O–H groups in total. The van der Waals surface area contributed by atoms with E-state index >= 15 is 0 Å². The summed E-state index contributed by atoms with van der Waals surface area (Å²) in [5.41, 5.74) is 0.935. The smallest absolute Gasteiger partial charge is 0.319 e. The van der Waals surface area contributed by atoms with Crippen LogP contribution in [-0.4, -0.2) is 62.6 Å². The summed E-state index contributed by atoms with van der Waals surface area (Å²) < 4.78 is 25.0. The molecular formula is C18H28N4O4S. The van der Waals surface area contributed by atoms with Crippen LogP contribution < -0.4 is 10.0 Å². The summed E-state index contributed by atoms with van der Waals surface area (Å²) in [4.78, 5) is 28.5. The second kappa shape index (κ2) is 9.07. The summed E-state index contributed by atoms with van der Waals surface area (Å²) in [5, 5.41) is 2.84. The summed E-state index contributed by atoms with van der Waals surface area (Å²) in [5.74, 6) is -0.279. The van der Waals surface area contributed by atoms with Gasteiger partial charge in [-0.25, -0.2) is 13.2 Å². The molecule has 3 amide bonds. The zero-order valence-electron chi connectivity index (χ0n) is 16.1. The van der Waals surface area contributed by atoms with Gasteiger partial charge in [0.1, 0.15) is 0 Å². The molecule has 1 aromatic rings. The fourth-order valence-electron chi connectivity index (χ4n) is 3.15. The van der Waals surface area contributed by atoms with Crippen molar-refractivity contribution >= 4 is 33.3 Å². The van der Waals surface area contributed by atoms with Gasteiger partial charge in [-0.1, -0.05) is 6.07 Å². The van der Waals surface area contributed by atoms with Crippen molar-refractivity contribution in [2.24, 2.45) is 5.92 Å². The van der Waals surface area contributed by atoms with Crippen molar-refractivity contribution in [3.63, 3.8) is 0 Å². The van der Waals surface area contributed by atoms with E-state index < -0.39 is 10.0 Å². The molecule has 1 aliphatic heterocycles. The summed E-state index contributed by atoms with van der Waals surface area (Å²) in [6, 6.07) is 6.61. The predicted octanol–water partition coefficient (Wildman–Crippen LogP) is 2.17. The maximum Gasteiger partial charge on any atom is 0.319 e. The summed E-state index contributed by atoms with van der Waals surface area (Å²) in [7, 11) is -3.37. The van der Waals surface area contributed by atoms with Gasteiger partial charge in [-0.05, 0) is 44.9 Å². The fourth-order valence-corrected chi connectivity index (χ4v) is 3.70. The maximum atomic E-state index is 12.5. The highest BCUT2D eigenvalue weighted by atomic mass is 32.2. The summed E-state index contributed by atoms with van der Waals surface area (Å²) in [6.07, 6.45) is 2.30. The van der Waals surface area contributed by atoms with Crippen molar-refractivity contribution in [2.45, 2.75) is 26.7 Å². The lowest BCUT2D eigenvalue weighted by atomic mass is 9.96. The Kier molecular flexibility index (Phi) is 7.06. The molecule has 8 nitrogen and oxygen atoms in total. The van der Waals surface area contributed by atoms with Gasteiger partial charge in [0.2, 0.25) is 15.9 Å². The first kappa shape index (κ1) is 21.0. The molecule has 27 heavy (non-hydrogen) atoms. The minimum Gasteiger partial charge on any atom is -0.326 e. The van der Waals surface area contributed by atoms with Crippen LogP contribution in [-0.2, 0) is 14.8 Å². The Bertz CT molecular complexity index is 769. The van der Waals surface area contributed by atoms with E-state index in [0.717, 1.165) is 6.26 Å². The van der Waals surface area contributed by atoms with Crippen molar-refractivity contribution in [1.82, 2.24) is 9.80 Å². The number of piperidine rings is 1. The van der Waals surface area contributed by atoms with E-state index in [1.807, 2.05) is 13.8 Å². The van der Waals surface area contributed by atoms with Crippen molar-refractivity contribution < 1.29 is 18.0 Å². The van der Waals surface area contributed by atoms with Crippen molar-refractivity contribution in [1.29, 1.82) is 0 Å². The molecule has 0 aromatic heterocycles. The van der Waals surface area contributed by atoms with Crippen LogP contribution in [0.25, 0.3) is 0 Å². The Hall–Kier alpha value is -2.29. The molecule has 0 aliphatic carbocycles. The number of nitrogens with one attached hydrogen (secondary N) is 2. The molecule has 0 radical (unpaired) electrons. The van der Waals surface area contributed by atoms with Crippen LogP contribution in [0.3, 0.4) is 0 Å². The van der Waals surface area contributed by atoms with Crippen LogP contribution in [0.4, 0.5) is 16.2 Å². The minimum atomic E-state index is -3.37. The Balaban J connectivity index is 1.91. The number of carbonyl (C=O) groups is 2. The molecule has 1 aromatic carbocycles. The molecule has 0 saturated carbocycles. The normalized spacial score (nSPS) is 15.3. The third-order valence-electron chi connectivity index (χ3n) is 4.60. The number of nitrogens with zero attached hydrogens (tertiary/aromatic N) is 2. The third-order valence-corrected chi connectivity index (χ3v) is 5.21. The lowest BCUT2D eigenvalue weighted by molar-refractivity contribution is -0.121. The van der Waals surface area contributed by atoms with E-state index in [-0.39, 0.29) is 17.9 Å². The molecule has 1 saturated heterocycles. The minimum absolute atomic E-state index is 0.0263. The molecular weight excluding hydrogens is 368 g/mol. The molecule has 150 valence electrons. The Labute approximate surface area is 161 Å². The highest BCUT2D eigenvalue weighted by molar-refractivity contribution is 7.92. The molecule has 9 heteroatoms. The van der Waals surface area contributed by atoms with Crippen LogP contribution in [0.15, 0.2) is 24.3 Å². The van der Waals surface area contributed by atoms with E-state index in [2.05, 4.69) is 10.0 Å². The maximum absolute atomic E-state index is 12.5. The monoisotopic (exact) mass is 396 g/mol. The largest absolute Gasteiger partial charge is 0.326 e. The second-order valence-electron chi connectivity index (χ2n) is 6.66. The molecule has 0 spiro atoms. The highest BCUT2D eigenvalue weighted by Crippen LogP contribution is 2.22. The van der Waals surface area contributed by atoms with Crippen LogP contribution in [0.2, 0.25) is 0 Å². The molecule has 1 fully saturated rings. The van der Waals surface area contributed by atoms with Gasteiger partial charge in [-0.2, -0.15) is 0 Å². The number of amides is 3. The second-order valence-corrected chi connectivity index (χ2v) is 8.41. The van der Waals surface area contributed by atoms with Crippen LogP contribution in [0.5, 0.6) is 0 Å². The van der Waals surface area contributed by atoms with Gasteiger partial charge in [0, 0.05) is 37.8 Å².